The molecule has 2 rings (SSSR count). The zero-order valence-corrected chi connectivity index (χ0v) is 13.7. The van der Waals surface area contributed by atoms with Crippen molar-refractivity contribution in [1.29, 1.82) is 0 Å². The molecule has 0 radical (unpaired) electrons. The van der Waals surface area contributed by atoms with Gasteiger partial charge in [0.05, 0.1) is 0 Å². The van der Waals surface area contributed by atoms with Crippen LogP contribution < -0.4 is 0 Å². The lowest BCUT2D eigenvalue weighted by molar-refractivity contribution is 0.0802. The third-order valence-electron chi connectivity index (χ3n) is 5.21. The number of hydrogen-bond donors (Lipinski definition) is 0. The van der Waals surface area contributed by atoms with E-state index in [2.05, 4.69) is 27.8 Å². The quantitative estimate of drug-likeness (QED) is 0.522. The molecule has 0 bridgehead atoms. The Morgan fingerprint density at radius 3 is 2.39 bits per heavy atom. The zero-order chi connectivity index (χ0) is 12.8. The summed E-state index contributed by atoms with van der Waals surface area (Å²) in [5, 5.41) is 1.22. The van der Waals surface area contributed by atoms with Gasteiger partial charge in [0.1, 0.15) is 0 Å². The smallest absolute Gasteiger partial charge is 0.0100 e. The van der Waals surface area contributed by atoms with Crippen molar-refractivity contribution in [3.05, 3.63) is 0 Å². The number of likely N-dealkylation sites (tertiary alicyclic amines) is 1. The van der Waals surface area contributed by atoms with Crippen LogP contribution >= 0.6 is 15.9 Å². The predicted octanol–water partition coefficient (Wildman–Crippen LogP) is 4.99. The third-order valence-corrected chi connectivity index (χ3v) is 6.40. The zero-order valence-electron chi connectivity index (χ0n) is 12.1. The minimum absolute atomic E-state index is 0.585. The molecule has 2 fully saturated rings. The molecule has 18 heavy (non-hydrogen) atoms. The van der Waals surface area contributed by atoms with Crippen LogP contribution in [0.4, 0.5) is 0 Å². The van der Waals surface area contributed by atoms with Gasteiger partial charge in [0.2, 0.25) is 0 Å². The van der Waals surface area contributed by atoms with Gasteiger partial charge in [-0.1, -0.05) is 55.0 Å². The Kier molecular flexibility index (Phi) is 6.00. The number of rotatable bonds is 4. The summed E-state index contributed by atoms with van der Waals surface area (Å²) in [4.78, 5) is 2.83. The van der Waals surface area contributed by atoms with Crippen molar-refractivity contribution in [2.75, 3.05) is 18.4 Å². The highest BCUT2D eigenvalue weighted by molar-refractivity contribution is 9.09. The van der Waals surface area contributed by atoms with Gasteiger partial charge in [0.25, 0.3) is 0 Å². The predicted molar refractivity (Wildman–Crippen MR) is 83.4 cm³/mol. The highest BCUT2D eigenvalue weighted by atomic mass is 79.9. The van der Waals surface area contributed by atoms with Gasteiger partial charge >= 0.3 is 0 Å². The first kappa shape index (κ1) is 14.8. The third kappa shape index (κ3) is 3.72. The van der Waals surface area contributed by atoms with Crippen LogP contribution in [0.1, 0.15) is 71.1 Å². The van der Waals surface area contributed by atoms with Crippen LogP contribution in [0.5, 0.6) is 0 Å². The van der Waals surface area contributed by atoms with Crippen LogP contribution in [-0.2, 0) is 0 Å². The van der Waals surface area contributed by atoms with Crippen LogP contribution in [0.25, 0.3) is 0 Å². The molecule has 106 valence electrons. The summed E-state index contributed by atoms with van der Waals surface area (Å²) in [6, 6.07) is 0.873. The standard InChI is InChI=1S/C16H30BrN/c1-2-15-9-5-8-12-18(15)14-16(13-17)10-6-3-4-7-11-16/h15H,2-14H2,1H3. The monoisotopic (exact) mass is 315 g/mol. The molecule has 2 aliphatic rings. The van der Waals surface area contributed by atoms with Crippen LogP contribution in [0.15, 0.2) is 0 Å². The lowest BCUT2D eigenvalue weighted by Crippen LogP contribution is -2.46. The fourth-order valence-corrected chi connectivity index (χ4v) is 4.71. The van der Waals surface area contributed by atoms with E-state index in [1.165, 1.54) is 82.6 Å². The van der Waals surface area contributed by atoms with Gasteiger partial charge in [-0.3, -0.25) is 4.90 Å². The Morgan fingerprint density at radius 2 is 1.78 bits per heavy atom. The molecule has 0 spiro atoms. The van der Waals surface area contributed by atoms with E-state index in [0.29, 0.717) is 5.41 Å². The number of hydrogen-bond acceptors (Lipinski definition) is 1. The van der Waals surface area contributed by atoms with Crippen LogP contribution in [0.2, 0.25) is 0 Å². The summed E-state index contributed by atoms with van der Waals surface area (Å²) in [6.45, 7) is 5.08. The molecule has 0 N–H and O–H groups in total. The molecule has 1 atom stereocenters. The number of halogens is 1. The number of piperidine rings is 1. The van der Waals surface area contributed by atoms with E-state index in [1.54, 1.807) is 0 Å². The summed E-state index contributed by atoms with van der Waals surface area (Å²) in [5.41, 5.74) is 0.585. The molecule has 1 saturated carbocycles. The molecule has 1 unspecified atom stereocenters. The molecule has 0 aromatic carbocycles. The topological polar surface area (TPSA) is 3.24 Å². The number of nitrogens with zero attached hydrogens (tertiary/aromatic N) is 1. The summed E-state index contributed by atoms with van der Waals surface area (Å²) in [5.74, 6) is 0. The molecular formula is C16H30BrN. The molecular weight excluding hydrogens is 286 g/mol. The lowest BCUT2D eigenvalue weighted by atomic mass is 9.81. The molecule has 1 saturated heterocycles. The van der Waals surface area contributed by atoms with Crippen molar-refractivity contribution in [3.8, 4) is 0 Å². The van der Waals surface area contributed by atoms with Gasteiger partial charge in [-0.05, 0) is 44.1 Å². The van der Waals surface area contributed by atoms with E-state index < -0.39 is 0 Å². The summed E-state index contributed by atoms with van der Waals surface area (Å²) in [7, 11) is 0. The summed E-state index contributed by atoms with van der Waals surface area (Å²) >= 11 is 3.84. The Morgan fingerprint density at radius 1 is 1.06 bits per heavy atom. The second-order valence-corrected chi connectivity index (χ2v) is 7.14. The Bertz CT molecular complexity index is 233. The SMILES string of the molecule is CCC1CCCCN1CC1(CBr)CCCCCC1. The first-order valence-electron chi connectivity index (χ1n) is 8.10. The highest BCUT2D eigenvalue weighted by Crippen LogP contribution is 2.38. The second kappa shape index (κ2) is 7.28. The van der Waals surface area contributed by atoms with Crippen molar-refractivity contribution < 1.29 is 0 Å². The first-order chi connectivity index (χ1) is 8.79. The van der Waals surface area contributed by atoms with E-state index >= 15 is 0 Å². The van der Waals surface area contributed by atoms with Crippen molar-refractivity contribution in [2.24, 2.45) is 5.41 Å². The fourth-order valence-electron chi connectivity index (χ4n) is 3.97. The second-order valence-electron chi connectivity index (χ2n) is 6.58. The molecule has 0 aromatic rings. The molecule has 0 aromatic heterocycles. The largest absolute Gasteiger partial charge is 0.300 e. The van der Waals surface area contributed by atoms with E-state index in [4.69, 9.17) is 0 Å². The summed E-state index contributed by atoms with van der Waals surface area (Å²) in [6.07, 6.45) is 14.4. The van der Waals surface area contributed by atoms with Crippen LogP contribution in [0, 0.1) is 5.41 Å². The molecule has 1 aliphatic carbocycles. The molecule has 2 heteroatoms. The summed E-state index contributed by atoms with van der Waals surface area (Å²) < 4.78 is 0. The molecule has 1 aliphatic heterocycles. The average molecular weight is 316 g/mol. The van der Waals surface area contributed by atoms with Crippen molar-refractivity contribution in [2.45, 2.75) is 77.2 Å². The van der Waals surface area contributed by atoms with Gasteiger partial charge in [-0.25, -0.2) is 0 Å². The Balaban J connectivity index is 1.98. The van der Waals surface area contributed by atoms with E-state index in [-0.39, 0.29) is 0 Å². The van der Waals surface area contributed by atoms with E-state index in [1.807, 2.05) is 0 Å². The Hall–Kier alpha value is 0.440. The van der Waals surface area contributed by atoms with E-state index in [9.17, 15) is 0 Å². The normalized spacial score (nSPS) is 30.0. The van der Waals surface area contributed by atoms with Gasteiger partial charge in [-0.2, -0.15) is 0 Å². The van der Waals surface area contributed by atoms with Gasteiger partial charge in [0.15, 0.2) is 0 Å². The fraction of sp³-hybridized carbons (Fsp3) is 1.00. The molecule has 1 heterocycles. The maximum Gasteiger partial charge on any atom is 0.0100 e. The van der Waals surface area contributed by atoms with Crippen LogP contribution in [0.3, 0.4) is 0 Å². The van der Waals surface area contributed by atoms with Crippen LogP contribution in [-0.4, -0.2) is 29.4 Å². The minimum Gasteiger partial charge on any atom is -0.300 e. The Labute approximate surface area is 122 Å². The maximum atomic E-state index is 3.84. The van der Waals surface area contributed by atoms with Crippen molar-refractivity contribution >= 4 is 15.9 Å². The van der Waals surface area contributed by atoms with Gasteiger partial charge in [-0.15, -0.1) is 0 Å². The maximum absolute atomic E-state index is 3.84. The van der Waals surface area contributed by atoms with Gasteiger partial charge < -0.3 is 0 Å². The van der Waals surface area contributed by atoms with Crippen molar-refractivity contribution in [1.82, 2.24) is 4.90 Å². The van der Waals surface area contributed by atoms with E-state index in [0.717, 1.165) is 6.04 Å². The van der Waals surface area contributed by atoms with Gasteiger partial charge in [0, 0.05) is 17.9 Å². The molecule has 1 nitrogen and oxygen atoms in total. The highest BCUT2D eigenvalue weighted by Gasteiger charge is 2.34. The first-order valence-corrected chi connectivity index (χ1v) is 9.22. The average Bonchev–Trinajstić information content (AvgIpc) is 2.66. The van der Waals surface area contributed by atoms with Crippen molar-refractivity contribution in [3.63, 3.8) is 0 Å². The molecule has 0 amide bonds. The number of alkyl halides is 1. The minimum atomic E-state index is 0.585. The lowest BCUT2D eigenvalue weighted by Gasteiger charge is -2.42.